The van der Waals surface area contributed by atoms with Crippen LogP contribution in [-0.2, 0) is 11.2 Å². The van der Waals surface area contributed by atoms with Crippen molar-refractivity contribution in [3.8, 4) is 17.3 Å². The van der Waals surface area contributed by atoms with E-state index in [-0.39, 0.29) is 0 Å². The molecule has 6 nitrogen and oxygen atoms in total. The Morgan fingerprint density at radius 3 is 2.78 bits per heavy atom. The molecule has 0 aliphatic rings. The molecule has 3 aromatic rings. The van der Waals surface area contributed by atoms with Gasteiger partial charge in [0.05, 0.1) is 30.9 Å². The number of carbonyl (C=O) groups excluding carboxylic acids is 1. The molecule has 0 saturated carbocycles. The molecule has 0 radical (unpaired) electrons. The van der Waals surface area contributed by atoms with Crippen molar-refractivity contribution in [2.45, 2.75) is 13.3 Å². The number of rotatable bonds is 4. The summed E-state index contributed by atoms with van der Waals surface area (Å²) in [6, 6.07) is 7.29. The topological polar surface area (TPSA) is 77.1 Å². The summed E-state index contributed by atoms with van der Waals surface area (Å²) in [6.07, 6.45) is 2.53. The van der Waals surface area contributed by atoms with Gasteiger partial charge in [0.25, 0.3) is 0 Å². The Morgan fingerprint density at radius 1 is 1.26 bits per heavy atom. The molecule has 1 N–H and O–H groups in total. The number of nitrogens with one attached hydrogen (secondary N) is 1. The fourth-order valence-corrected chi connectivity index (χ4v) is 2.61. The van der Waals surface area contributed by atoms with E-state index in [1.54, 1.807) is 25.4 Å². The van der Waals surface area contributed by atoms with Crippen molar-refractivity contribution in [1.29, 1.82) is 0 Å². The van der Waals surface area contributed by atoms with Gasteiger partial charge >= 0.3 is 5.97 Å². The number of benzene rings is 1. The van der Waals surface area contributed by atoms with Crippen LogP contribution in [0.15, 0.2) is 30.5 Å². The summed E-state index contributed by atoms with van der Waals surface area (Å²) in [4.78, 5) is 24.0. The Kier molecular flexibility index (Phi) is 3.97. The van der Waals surface area contributed by atoms with Gasteiger partial charge in [0.1, 0.15) is 11.3 Å². The van der Waals surface area contributed by atoms with Crippen molar-refractivity contribution in [2.75, 3.05) is 14.2 Å². The number of para-hydroxylation sites is 1. The quantitative estimate of drug-likeness (QED) is 0.750. The number of imidazole rings is 1. The lowest BCUT2D eigenvalue weighted by molar-refractivity contribution is 0.0603. The van der Waals surface area contributed by atoms with Gasteiger partial charge in [-0.05, 0) is 30.2 Å². The number of hydrogen-bond acceptors (Lipinski definition) is 5. The number of pyridine rings is 1. The molecule has 0 atom stereocenters. The van der Waals surface area contributed by atoms with Crippen LogP contribution in [0.4, 0.5) is 0 Å². The molecule has 0 fully saturated rings. The second-order valence-electron chi connectivity index (χ2n) is 4.99. The van der Waals surface area contributed by atoms with Crippen molar-refractivity contribution >= 4 is 17.0 Å². The number of hydrogen-bond donors (Lipinski definition) is 1. The zero-order valence-corrected chi connectivity index (χ0v) is 13.2. The molecule has 118 valence electrons. The first-order valence-electron chi connectivity index (χ1n) is 7.28. The molecule has 23 heavy (non-hydrogen) atoms. The number of methoxy groups -OCH3 is 2. The van der Waals surface area contributed by atoms with Crippen molar-refractivity contribution < 1.29 is 14.3 Å². The van der Waals surface area contributed by atoms with Crippen molar-refractivity contribution in [2.24, 2.45) is 0 Å². The maximum atomic E-state index is 11.9. The number of esters is 1. The van der Waals surface area contributed by atoms with Crippen LogP contribution in [0.25, 0.3) is 22.4 Å². The summed E-state index contributed by atoms with van der Waals surface area (Å²) in [5.74, 6) is 0.712. The van der Waals surface area contributed by atoms with Crippen LogP contribution in [0.5, 0.6) is 5.88 Å². The number of H-pyrrole nitrogens is 1. The van der Waals surface area contributed by atoms with Crippen molar-refractivity contribution in [3.05, 3.63) is 41.6 Å². The Hall–Kier alpha value is -2.89. The normalized spacial score (nSPS) is 10.7. The number of nitrogens with zero attached hydrogens (tertiary/aromatic N) is 2. The smallest absolute Gasteiger partial charge is 0.340 e. The third kappa shape index (κ3) is 2.52. The average Bonchev–Trinajstić information content (AvgIpc) is 3.03. The number of carbonyl (C=O) groups is 1. The minimum absolute atomic E-state index is 0.414. The van der Waals surface area contributed by atoms with Gasteiger partial charge in [-0.2, -0.15) is 0 Å². The number of aromatic nitrogens is 3. The first-order valence-corrected chi connectivity index (χ1v) is 7.28. The molecule has 0 saturated heterocycles. The Balaban J connectivity index is 2.25. The van der Waals surface area contributed by atoms with Gasteiger partial charge < -0.3 is 14.5 Å². The third-order valence-electron chi connectivity index (χ3n) is 3.73. The number of fused-ring (bicyclic) bond motifs is 1. The second kappa shape index (κ2) is 6.08. The van der Waals surface area contributed by atoms with Crippen LogP contribution < -0.4 is 4.74 Å². The molecule has 0 spiro atoms. The van der Waals surface area contributed by atoms with Crippen LogP contribution in [0, 0.1) is 0 Å². The number of aromatic amines is 1. The highest BCUT2D eigenvalue weighted by Crippen LogP contribution is 2.32. The molecule has 0 unspecified atom stereocenters. The van der Waals surface area contributed by atoms with Gasteiger partial charge in [0.2, 0.25) is 5.88 Å². The van der Waals surface area contributed by atoms with Gasteiger partial charge in [-0.25, -0.2) is 14.8 Å². The largest absolute Gasteiger partial charge is 0.480 e. The summed E-state index contributed by atoms with van der Waals surface area (Å²) >= 11 is 0. The molecule has 0 bridgehead atoms. The average molecular weight is 311 g/mol. The third-order valence-corrected chi connectivity index (χ3v) is 3.73. The van der Waals surface area contributed by atoms with E-state index >= 15 is 0 Å². The van der Waals surface area contributed by atoms with E-state index in [0.29, 0.717) is 22.8 Å². The van der Waals surface area contributed by atoms with Crippen LogP contribution in [-0.4, -0.2) is 35.1 Å². The minimum atomic E-state index is -0.414. The minimum Gasteiger partial charge on any atom is -0.480 e. The maximum Gasteiger partial charge on any atom is 0.340 e. The monoisotopic (exact) mass is 311 g/mol. The predicted molar refractivity (Wildman–Crippen MR) is 86.6 cm³/mol. The molecular formula is C17H17N3O3. The van der Waals surface area contributed by atoms with Gasteiger partial charge in [-0.15, -0.1) is 0 Å². The molecule has 1 aromatic carbocycles. The molecule has 3 rings (SSSR count). The molecule has 2 aromatic heterocycles. The van der Waals surface area contributed by atoms with E-state index in [4.69, 9.17) is 9.47 Å². The van der Waals surface area contributed by atoms with Crippen LogP contribution in [0.1, 0.15) is 22.8 Å². The summed E-state index contributed by atoms with van der Waals surface area (Å²) in [6.45, 7) is 2.06. The summed E-state index contributed by atoms with van der Waals surface area (Å²) < 4.78 is 10.2. The van der Waals surface area contributed by atoms with Gasteiger partial charge in [0, 0.05) is 6.20 Å². The van der Waals surface area contributed by atoms with Gasteiger partial charge in [-0.1, -0.05) is 13.0 Å². The number of aryl methyl sites for hydroxylation is 1. The van der Waals surface area contributed by atoms with Gasteiger partial charge in [-0.3, -0.25) is 0 Å². The fourth-order valence-electron chi connectivity index (χ4n) is 2.61. The zero-order chi connectivity index (χ0) is 16.4. The molecule has 2 heterocycles. The highest BCUT2D eigenvalue weighted by atomic mass is 16.5. The van der Waals surface area contributed by atoms with Crippen LogP contribution in [0.3, 0.4) is 0 Å². The van der Waals surface area contributed by atoms with Crippen molar-refractivity contribution in [3.63, 3.8) is 0 Å². The lowest BCUT2D eigenvalue weighted by Gasteiger charge is -2.09. The standard InChI is InChI=1S/C17H17N3O3/c1-4-10-8-9-18-16(22-2)13(10)15-19-12-7-5-6-11(14(12)20-15)17(21)23-3/h5-9H,4H2,1-3H3,(H,19,20). The SMILES string of the molecule is CCc1ccnc(OC)c1-c1nc2c(C(=O)OC)cccc2[nH]1. The molecule has 0 amide bonds. The van der Waals surface area contributed by atoms with Crippen LogP contribution in [0.2, 0.25) is 0 Å². The summed E-state index contributed by atoms with van der Waals surface area (Å²) in [7, 11) is 2.93. The Labute approximate surface area is 133 Å². The summed E-state index contributed by atoms with van der Waals surface area (Å²) in [5.41, 5.74) is 3.63. The highest BCUT2D eigenvalue weighted by Gasteiger charge is 2.19. The molecule has 0 aliphatic carbocycles. The Morgan fingerprint density at radius 2 is 2.09 bits per heavy atom. The highest BCUT2D eigenvalue weighted by molar-refractivity contribution is 6.02. The van der Waals surface area contributed by atoms with Crippen LogP contribution >= 0.6 is 0 Å². The number of ether oxygens (including phenoxy) is 2. The Bertz CT molecular complexity index is 848. The fraction of sp³-hybridized carbons (Fsp3) is 0.235. The van der Waals surface area contributed by atoms with E-state index in [1.807, 2.05) is 12.1 Å². The molecule has 6 heteroatoms. The van der Waals surface area contributed by atoms with E-state index in [9.17, 15) is 4.79 Å². The lowest BCUT2D eigenvalue weighted by Crippen LogP contribution is -2.01. The predicted octanol–water partition coefficient (Wildman–Crippen LogP) is 2.98. The zero-order valence-electron chi connectivity index (χ0n) is 13.2. The van der Waals surface area contributed by atoms with Crippen molar-refractivity contribution in [1.82, 2.24) is 15.0 Å². The maximum absolute atomic E-state index is 11.9. The second-order valence-corrected chi connectivity index (χ2v) is 4.99. The molecule has 0 aliphatic heterocycles. The summed E-state index contributed by atoms with van der Waals surface area (Å²) in [5, 5.41) is 0. The molecular weight excluding hydrogens is 294 g/mol. The van der Waals surface area contributed by atoms with E-state index < -0.39 is 5.97 Å². The lowest BCUT2D eigenvalue weighted by atomic mass is 10.1. The first kappa shape index (κ1) is 15.0. The van der Waals surface area contributed by atoms with E-state index in [1.165, 1.54) is 7.11 Å². The first-order chi connectivity index (χ1) is 11.2. The van der Waals surface area contributed by atoms with Gasteiger partial charge in [0.15, 0.2) is 0 Å². The van der Waals surface area contributed by atoms with E-state index in [0.717, 1.165) is 23.1 Å². The van der Waals surface area contributed by atoms with E-state index in [2.05, 4.69) is 21.9 Å².